The van der Waals surface area contributed by atoms with Crippen molar-refractivity contribution in [3.63, 3.8) is 0 Å². The Morgan fingerprint density at radius 1 is 1.22 bits per heavy atom. The monoisotopic (exact) mass is 244 g/mol. The second kappa shape index (κ2) is 5.68. The molecule has 0 N–H and O–H groups in total. The molecule has 0 aliphatic rings. The maximum absolute atomic E-state index is 12.5. The maximum Gasteiger partial charge on any atom is 0.255 e. The van der Waals surface area contributed by atoms with Crippen molar-refractivity contribution in [2.45, 2.75) is 46.7 Å². The third kappa shape index (κ3) is 2.89. The zero-order valence-corrected chi connectivity index (χ0v) is 11.7. The number of rotatable bonds is 3. The van der Waals surface area contributed by atoms with Gasteiger partial charge in [0.1, 0.15) is 0 Å². The summed E-state index contributed by atoms with van der Waals surface area (Å²) in [6.45, 7) is 9.85. The minimum absolute atomic E-state index is 0.0726. The fourth-order valence-electron chi connectivity index (χ4n) is 2.14. The number of carbonyl (C=O) groups excluding carboxylic acids is 1. The van der Waals surface area contributed by atoms with E-state index < -0.39 is 0 Å². The molecular formula is C15H20N2O. The second-order valence-electron chi connectivity index (χ2n) is 5.06. The van der Waals surface area contributed by atoms with Crippen LogP contribution in [-0.4, -0.2) is 22.9 Å². The molecule has 1 amide bonds. The van der Waals surface area contributed by atoms with Crippen LogP contribution in [0.4, 0.5) is 0 Å². The molecule has 1 aromatic carbocycles. The van der Waals surface area contributed by atoms with Gasteiger partial charge in [0.25, 0.3) is 5.91 Å². The third-order valence-corrected chi connectivity index (χ3v) is 2.87. The molecular weight excluding hydrogens is 224 g/mol. The molecule has 0 aliphatic heterocycles. The molecule has 96 valence electrons. The van der Waals surface area contributed by atoms with Gasteiger partial charge < -0.3 is 4.90 Å². The number of nitrogens with zero attached hydrogens (tertiary/aromatic N) is 2. The second-order valence-corrected chi connectivity index (χ2v) is 5.06. The van der Waals surface area contributed by atoms with Crippen LogP contribution >= 0.6 is 0 Å². The molecule has 0 aromatic heterocycles. The van der Waals surface area contributed by atoms with Crippen LogP contribution < -0.4 is 0 Å². The Morgan fingerprint density at radius 2 is 1.78 bits per heavy atom. The molecule has 3 nitrogen and oxygen atoms in total. The molecule has 0 saturated heterocycles. The third-order valence-electron chi connectivity index (χ3n) is 2.87. The first kappa shape index (κ1) is 14.2. The van der Waals surface area contributed by atoms with Gasteiger partial charge in [0.2, 0.25) is 0 Å². The van der Waals surface area contributed by atoms with Crippen molar-refractivity contribution in [3.05, 3.63) is 34.9 Å². The van der Waals surface area contributed by atoms with Gasteiger partial charge in [-0.3, -0.25) is 4.79 Å². The summed E-state index contributed by atoms with van der Waals surface area (Å²) >= 11 is 0. The average molecular weight is 244 g/mol. The lowest BCUT2D eigenvalue weighted by molar-refractivity contribution is 0.0643. The number of hydrogen-bond donors (Lipinski definition) is 0. The molecule has 1 aromatic rings. The Kier molecular flexibility index (Phi) is 4.49. The summed E-state index contributed by atoms with van der Waals surface area (Å²) in [5.41, 5.74) is 1.93. The molecule has 18 heavy (non-hydrogen) atoms. The highest BCUT2D eigenvalue weighted by Gasteiger charge is 2.23. The summed E-state index contributed by atoms with van der Waals surface area (Å²) in [5.74, 6) is -0.0726. The van der Waals surface area contributed by atoms with E-state index in [1.807, 2.05) is 40.7 Å². The number of nitriles is 1. The summed E-state index contributed by atoms with van der Waals surface area (Å²) in [4.78, 5) is 14.3. The number of hydrogen-bond acceptors (Lipinski definition) is 2. The molecule has 0 heterocycles. The summed E-state index contributed by atoms with van der Waals surface area (Å²) in [6.07, 6.45) is 0. The standard InChI is InChI=1S/C15H20N2O/c1-10(2)17(11(3)4)15(18)14-7-6-12(5)8-13(14)9-16/h6-8,10-11H,1-5H3. The van der Waals surface area contributed by atoms with Crippen LogP contribution in [-0.2, 0) is 0 Å². The van der Waals surface area contributed by atoms with Gasteiger partial charge in [-0.2, -0.15) is 5.26 Å². The molecule has 1 rings (SSSR count). The molecule has 0 spiro atoms. The largest absolute Gasteiger partial charge is 0.334 e. The van der Waals surface area contributed by atoms with E-state index in [1.165, 1.54) is 0 Å². The van der Waals surface area contributed by atoms with Crippen molar-refractivity contribution in [1.29, 1.82) is 5.26 Å². The van der Waals surface area contributed by atoms with Crippen LogP contribution in [0.2, 0.25) is 0 Å². The smallest absolute Gasteiger partial charge is 0.255 e. The summed E-state index contributed by atoms with van der Waals surface area (Å²) in [7, 11) is 0. The number of amides is 1. The normalized spacial score (nSPS) is 10.6. The first-order valence-corrected chi connectivity index (χ1v) is 6.22. The van der Waals surface area contributed by atoms with Crippen molar-refractivity contribution >= 4 is 5.91 Å². The number of benzene rings is 1. The Hall–Kier alpha value is -1.82. The van der Waals surface area contributed by atoms with Crippen LogP contribution in [0.1, 0.15) is 49.2 Å². The molecule has 0 saturated carbocycles. The summed E-state index contributed by atoms with van der Waals surface area (Å²) in [6, 6.07) is 7.70. The Labute approximate surface area is 109 Å². The summed E-state index contributed by atoms with van der Waals surface area (Å²) < 4.78 is 0. The zero-order valence-electron chi connectivity index (χ0n) is 11.7. The van der Waals surface area contributed by atoms with E-state index in [-0.39, 0.29) is 18.0 Å². The molecule has 0 atom stereocenters. The number of carbonyl (C=O) groups is 1. The first-order chi connectivity index (χ1) is 8.38. The zero-order chi connectivity index (χ0) is 13.9. The molecule has 3 heteroatoms. The fourth-order valence-corrected chi connectivity index (χ4v) is 2.14. The Bertz CT molecular complexity index is 476. The Balaban J connectivity index is 3.22. The van der Waals surface area contributed by atoms with Crippen LogP contribution in [0.3, 0.4) is 0 Å². The van der Waals surface area contributed by atoms with Gasteiger partial charge in [0, 0.05) is 12.1 Å². The van der Waals surface area contributed by atoms with Crippen LogP contribution in [0, 0.1) is 18.3 Å². The van der Waals surface area contributed by atoms with Crippen molar-refractivity contribution in [2.75, 3.05) is 0 Å². The molecule has 0 bridgehead atoms. The molecule has 0 unspecified atom stereocenters. The van der Waals surface area contributed by atoms with Crippen molar-refractivity contribution in [1.82, 2.24) is 4.90 Å². The van der Waals surface area contributed by atoms with E-state index >= 15 is 0 Å². The molecule has 0 fully saturated rings. The number of aryl methyl sites for hydroxylation is 1. The summed E-state index contributed by atoms with van der Waals surface area (Å²) in [5, 5.41) is 9.13. The minimum Gasteiger partial charge on any atom is -0.334 e. The van der Waals surface area contributed by atoms with Crippen molar-refractivity contribution in [3.8, 4) is 6.07 Å². The Morgan fingerprint density at radius 3 is 2.22 bits per heavy atom. The van der Waals surface area contributed by atoms with E-state index in [9.17, 15) is 4.79 Å². The fraction of sp³-hybridized carbons (Fsp3) is 0.467. The highest BCUT2D eigenvalue weighted by molar-refractivity contribution is 5.97. The van der Waals surface area contributed by atoms with E-state index in [1.54, 1.807) is 17.0 Å². The van der Waals surface area contributed by atoms with E-state index in [2.05, 4.69) is 6.07 Å². The van der Waals surface area contributed by atoms with Crippen LogP contribution in [0.25, 0.3) is 0 Å². The van der Waals surface area contributed by atoms with Crippen LogP contribution in [0.5, 0.6) is 0 Å². The average Bonchev–Trinajstić information content (AvgIpc) is 2.27. The minimum atomic E-state index is -0.0726. The van der Waals surface area contributed by atoms with E-state index in [0.717, 1.165) is 5.56 Å². The predicted octanol–water partition coefficient (Wildman–Crippen LogP) is 3.13. The maximum atomic E-state index is 12.5. The van der Waals surface area contributed by atoms with Gasteiger partial charge in [-0.05, 0) is 52.3 Å². The van der Waals surface area contributed by atoms with Gasteiger partial charge in [0.15, 0.2) is 0 Å². The quantitative estimate of drug-likeness (QED) is 0.820. The lowest BCUT2D eigenvalue weighted by Gasteiger charge is -2.31. The van der Waals surface area contributed by atoms with Gasteiger partial charge in [-0.25, -0.2) is 0 Å². The van der Waals surface area contributed by atoms with E-state index in [4.69, 9.17) is 5.26 Å². The van der Waals surface area contributed by atoms with Gasteiger partial charge in [0.05, 0.1) is 17.2 Å². The lowest BCUT2D eigenvalue weighted by atomic mass is 10.0. The van der Waals surface area contributed by atoms with Gasteiger partial charge in [-0.15, -0.1) is 0 Å². The molecule has 0 radical (unpaired) electrons. The topological polar surface area (TPSA) is 44.1 Å². The van der Waals surface area contributed by atoms with Crippen molar-refractivity contribution < 1.29 is 4.79 Å². The van der Waals surface area contributed by atoms with Crippen LogP contribution in [0.15, 0.2) is 18.2 Å². The lowest BCUT2D eigenvalue weighted by Crippen LogP contribution is -2.42. The SMILES string of the molecule is Cc1ccc(C(=O)N(C(C)C)C(C)C)c(C#N)c1. The predicted molar refractivity (Wildman–Crippen MR) is 72.3 cm³/mol. The van der Waals surface area contributed by atoms with Gasteiger partial charge in [-0.1, -0.05) is 6.07 Å². The molecule has 0 aliphatic carbocycles. The van der Waals surface area contributed by atoms with E-state index in [0.29, 0.717) is 11.1 Å². The highest BCUT2D eigenvalue weighted by Crippen LogP contribution is 2.17. The first-order valence-electron chi connectivity index (χ1n) is 6.22. The highest BCUT2D eigenvalue weighted by atomic mass is 16.2. The van der Waals surface area contributed by atoms with Crippen molar-refractivity contribution in [2.24, 2.45) is 0 Å². The van der Waals surface area contributed by atoms with Gasteiger partial charge >= 0.3 is 0 Å².